The highest BCUT2D eigenvalue weighted by molar-refractivity contribution is 7.99. The quantitative estimate of drug-likeness (QED) is 0.355. The first kappa shape index (κ1) is 22.5. The molecule has 3 aromatic rings. The molecule has 0 bridgehead atoms. The summed E-state index contributed by atoms with van der Waals surface area (Å²) in [5.41, 5.74) is 1.85. The van der Waals surface area contributed by atoms with Crippen molar-refractivity contribution < 1.29 is 18.3 Å². The zero-order chi connectivity index (χ0) is 22.1. The highest BCUT2D eigenvalue weighted by Crippen LogP contribution is 2.26. The van der Waals surface area contributed by atoms with Gasteiger partial charge in [0.15, 0.2) is 11.0 Å². The lowest BCUT2D eigenvalue weighted by Gasteiger charge is -2.09. The second kappa shape index (κ2) is 11.3. The molecule has 9 heteroatoms. The molecule has 1 N–H and O–H groups in total. The van der Waals surface area contributed by atoms with Gasteiger partial charge in [-0.15, -0.1) is 16.8 Å². The number of amides is 1. The van der Waals surface area contributed by atoms with E-state index in [1.807, 2.05) is 34.9 Å². The summed E-state index contributed by atoms with van der Waals surface area (Å²) in [4.78, 5) is 12.2. The van der Waals surface area contributed by atoms with Gasteiger partial charge in [0.05, 0.1) is 5.75 Å². The summed E-state index contributed by atoms with van der Waals surface area (Å²) >= 11 is 1.27. The van der Waals surface area contributed by atoms with Crippen molar-refractivity contribution in [2.45, 2.75) is 24.7 Å². The van der Waals surface area contributed by atoms with E-state index in [-0.39, 0.29) is 17.4 Å². The Balaban J connectivity index is 1.59. The van der Waals surface area contributed by atoms with E-state index in [0.29, 0.717) is 29.6 Å². The average molecular weight is 445 g/mol. The van der Waals surface area contributed by atoms with Crippen LogP contribution in [-0.4, -0.2) is 39.6 Å². The molecule has 0 aliphatic carbocycles. The van der Waals surface area contributed by atoms with Crippen LogP contribution in [0, 0.1) is 0 Å². The number of nitrogens with one attached hydrogen (secondary N) is 1. The summed E-state index contributed by atoms with van der Waals surface area (Å²) in [6, 6.07) is 16.1. The second-order valence-electron chi connectivity index (χ2n) is 6.48. The van der Waals surface area contributed by atoms with Gasteiger partial charge in [-0.25, -0.2) is 0 Å². The molecule has 0 saturated heterocycles. The molecule has 162 valence electrons. The number of allylic oxidation sites excluding steroid dienone is 1. The zero-order valence-corrected chi connectivity index (χ0v) is 17.5. The van der Waals surface area contributed by atoms with Gasteiger partial charge in [-0.1, -0.05) is 48.2 Å². The Morgan fingerprint density at radius 1 is 1.16 bits per heavy atom. The van der Waals surface area contributed by atoms with Gasteiger partial charge in [0.25, 0.3) is 0 Å². The molecule has 6 nitrogen and oxygen atoms in total. The standard InChI is InChI=1S/C22H22F2N4O2S/c1-2-14-28-20(17-8-10-18(11-9-17)30-21(23)24)26-27-22(28)31-15-19(29)25-13-12-16-6-4-3-5-7-16/h2-11,21H,1,12-15H2,(H,25,29). The molecule has 0 aliphatic heterocycles. The van der Waals surface area contributed by atoms with E-state index in [9.17, 15) is 13.6 Å². The number of aromatic nitrogens is 3. The largest absolute Gasteiger partial charge is 0.435 e. The minimum Gasteiger partial charge on any atom is -0.435 e. The highest BCUT2D eigenvalue weighted by Gasteiger charge is 2.15. The number of hydrogen-bond acceptors (Lipinski definition) is 5. The number of hydrogen-bond donors (Lipinski definition) is 1. The summed E-state index contributed by atoms with van der Waals surface area (Å²) < 4.78 is 30.9. The molecular formula is C22H22F2N4O2S. The first-order valence-electron chi connectivity index (χ1n) is 9.59. The Labute approximate surface area is 183 Å². The number of nitrogens with zero attached hydrogens (tertiary/aromatic N) is 3. The molecule has 0 saturated carbocycles. The maximum atomic E-state index is 12.3. The van der Waals surface area contributed by atoms with Crippen molar-refractivity contribution in [2.24, 2.45) is 0 Å². The molecule has 0 fully saturated rings. The Kier molecular flexibility index (Phi) is 8.17. The van der Waals surface area contributed by atoms with E-state index in [0.717, 1.165) is 12.0 Å². The smallest absolute Gasteiger partial charge is 0.387 e. The van der Waals surface area contributed by atoms with Crippen LogP contribution in [-0.2, 0) is 17.8 Å². The predicted octanol–water partition coefficient (Wildman–Crippen LogP) is 4.18. The number of carbonyl (C=O) groups excluding carboxylic acids is 1. The molecule has 0 spiro atoms. The summed E-state index contributed by atoms with van der Waals surface area (Å²) in [7, 11) is 0. The molecule has 0 unspecified atom stereocenters. The molecule has 0 aliphatic rings. The van der Waals surface area contributed by atoms with Crippen LogP contribution in [0.1, 0.15) is 5.56 Å². The maximum absolute atomic E-state index is 12.3. The first-order chi connectivity index (χ1) is 15.1. The van der Waals surface area contributed by atoms with Crippen LogP contribution in [0.2, 0.25) is 0 Å². The topological polar surface area (TPSA) is 69.0 Å². The number of halogens is 2. The molecule has 0 radical (unpaired) electrons. The van der Waals surface area contributed by atoms with Crippen molar-refractivity contribution in [3.63, 3.8) is 0 Å². The fraction of sp³-hybridized carbons (Fsp3) is 0.227. The molecule has 3 rings (SSSR count). The van der Waals surface area contributed by atoms with Crippen molar-refractivity contribution >= 4 is 17.7 Å². The fourth-order valence-corrected chi connectivity index (χ4v) is 3.64. The molecule has 31 heavy (non-hydrogen) atoms. The van der Waals surface area contributed by atoms with Gasteiger partial charge in [0.1, 0.15) is 5.75 Å². The van der Waals surface area contributed by atoms with Crippen LogP contribution in [0.5, 0.6) is 5.75 Å². The highest BCUT2D eigenvalue weighted by atomic mass is 32.2. The number of carbonyl (C=O) groups is 1. The Bertz CT molecular complexity index is 995. The van der Waals surface area contributed by atoms with E-state index in [1.165, 1.54) is 23.9 Å². The second-order valence-corrected chi connectivity index (χ2v) is 7.43. The van der Waals surface area contributed by atoms with Crippen molar-refractivity contribution in [3.05, 3.63) is 72.8 Å². The Morgan fingerprint density at radius 2 is 1.90 bits per heavy atom. The molecule has 1 heterocycles. The fourth-order valence-electron chi connectivity index (χ4n) is 2.86. The lowest BCUT2D eigenvalue weighted by molar-refractivity contribution is -0.118. The third kappa shape index (κ3) is 6.65. The van der Waals surface area contributed by atoms with Crippen molar-refractivity contribution in [3.8, 4) is 17.1 Å². The lowest BCUT2D eigenvalue weighted by Crippen LogP contribution is -2.27. The van der Waals surface area contributed by atoms with Gasteiger partial charge in [-0.05, 0) is 36.2 Å². The molecule has 2 aromatic carbocycles. The normalized spacial score (nSPS) is 10.8. The van der Waals surface area contributed by atoms with Crippen LogP contribution in [0.3, 0.4) is 0 Å². The van der Waals surface area contributed by atoms with Crippen molar-refractivity contribution in [1.82, 2.24) is 20.1 Å². The van der Waals surface area contributed by atoms with Gasteiger partial charge < -0.3 is 10.1 Å². The molecule has 1 amide bonds. The SMILES string of the molecule is C=CCn1c(SCC(=O)NCCc2ccccc2)nnc1-c1ccc(OC(F)F)cc1. The number of alkyl halides is 2. The van der Waals surface area contributed by atoms with E-state index in [2.05, 4.69) is 26.8 Å². The number of thioether (sulfide) groups is 1. The molecular weight excluding hydrogens is 422 g/mol. The zero-order valence-electron chi connectivity index (χ0n) is 16.7. The molecule has 0 atom stereocenters. The third-order valence-electron chi connectivity index (χ3n) is 4.28. The summed E-state index contributed by atoms with van der Waals surface area (Å²) in [5, 5.41) is 11.8. The predicted molar refractivity (Wildman–Crippen MR) is 116 cm³/mol. The van der Waals surface area contributed by atoms with Crippen LogP contribution in [0.25, 0.3) is 11.4 Å². The van der Waals surface area contributed by atoms with Crippen LogP contribution in [0.4, 0.5) is 8.78 Å². The maximum Gasteiger partial charge on any atom is 0.387 e. The number of ether oxygens (including phenoxy) is 1. The minimum absolute atomic E-state index is 0.0651. The van der Waals surface area contributed by atoms with Gasteiger partial charge >= 0.3 is 6.61 Å². The summed E-state index contributed by atoms with van der Waals surface area (Å²) in [6.07, 6.45) is 2.46. The van der Waals surface area contributed by atoms with Crippen molar-refractivity contribution in [2.75, 3.05) is 12.3 Å². The van der Waals surface area contributed by atoms with Crippen LogP contribution >= 0.6 is 11.8 Å². The van der Waals surface area contributed by atoms with Crippen molar-refractivity contribution in [1.29, 1.82) is 0 Å². The third-order valence-corrected chi connectivity index (χ3v) is 5.24. The van der Waals surface area contributed by atoms with Crippen LogP contribution in [0.15, 0.2) is 72.4 Å². The first-order valence-corrected chi connectivity index (χ1v) is 10.6. The monoisotopic (exact) mass is 444 g/mol. The van der Waals surface area contributed by atoms with E-state index < -0.39 is 6.61 Å². The Hall–Kier alpha value is -3.20. The van der Waals surface area contributed by atoms with Crippen LogP contribution < -0.4 is 10.1 Å². The number of benzene rings is 2. The minimum atomic E-state index is -2.88. The van der Waals surface area contributed by atoms with Gasteiger partial charge in [-0.3, -0.25) is 9.36 Å². The summed E-state index contributed by atoms with van der Waals surface area (Å²) in [6.45, 7) is 1.87. The summed E-state index contributed by atoms with van der Waals surface area (Å²) in [5.74, 6) is 0.723. The molecule has 1 aromatic heterocycles. The van der Waals surface area contributed by atoms with Gasteiger partial charge in [0, 0.05) is 18.7 Å². The van der Waals surface area contributed by atoms with E-state index in [1.54, 1.807) is 18.2 Å². The number of rotatable bonds is 11. The Morgan fingerprint density at radius 3 is 2.58 bits per heavy atom. The van der Waals surface area contributed by atoms with E-state index >= 15 is 0 Å². The van der Waals surface area contributed by atoms with Gasteiger partial charge in [0.2, 0.25) is 5.91 Å². The van der Waals surface area contributed by atoms with Gasteiger partial charge in [-0.2, -0.15) is 8.78 Å². The lowest BCUT2D eigenvalue weighted by atomic mass is 10.1. The average Bonchev–Trinajstić information content (AvgIpc) is 3.16. The van der Waals surface area contributed by atoms with E-state index in [4.69, 9.17) is 0 Å².